The first-order valence-corrected chi connectivity index (χ1v) is 12.5. The van der Waals surface area contributed by atoms with Gasteiger partial charge in [0, 0.05) is 37.4 Å². The standard InChI is InChI=1S/C29H29N5O4/c1-33-27(28(36-2)31-32-33)21-16-24-25(30-17-21)22-10-9-20(29(35)37-3)15-23(22)34(24)26(18-7-5-4-6-8-18)19-11-13-38-14-12-19/h4-10,15-17,19,26H,11-14H2,1-3H3/i2D3. The zero-order chi connectivity index (χ0) is 28.7. The molecule has 0 N–H and O–H groups in total. The SMILES string of the molecule is [2H]C([2H])([2H])Oc1nnn(C)c1-c1cnc2c3ccc(C(=O)OC)cc3n(C(c3ccccc3)C3CCOCC3)c2c1. The highest BCUT2D eigenvalue weighted by Crippen LogP contribution is 2.41. The molecule has 0 spiro atoms. The molecule has 1 atom stereocenters. The Kier molecular flexibility index (Phi) is 5.42. The Hall–Kier alpha value is -4.24. The molecule has 0 bridgehead atoms. The number of benzene rings is 2. The Morgan fingerprint density at radius 2 is 1.95 bits per heavy atom. The smallest absolute Gasteiger partial charge is 0.337 e. The molecule has 194 valence electrons. The third-order valence-electron chi connectivity index (χ3n) is 7.36. The van der Waals surface area contributed by atoms with Crippen molar-refractivity contribution in [3.63, 3.8) is 0 Å². The maximum atomic E-state index is 12.6. The number of fused-ring (bicyclic) bond motifs is 3. The summed E-state index contributed by atoms with van der Waals surface area (Å²) in [5, 5.41) is 8.84. The monoisotopic (exact) mass is 514 g/mol. The number of aryl methyl sites for hydroxylation is 1. The van der Waals surface area contributed by atoms with Crippen LogP contribution in [-0.2, 0) is 16.5 Å². The lowest BCUT2D eigenvalue weighted by molar-refractivity contribution is 0.0553. The number of carbonyl (C=O) groups excluding carboxylic acids is 1. The molecule has 9 heteroatoms. The van der Waals surface area contributed by atoms with Crippen LogP contribution in [0.25, 0.3) is 33.2 Å². The molecule has 0 radical (unpaired) electrons. The fourth-order valence-corrected chi connectivity index (χ4v) is 5.61. The first kappa shape index (κ1) is 20.8. The summed E-state index contributed by atoms with van der Waals surface area (Å²) < 4.78 is 42.4. The van der Waals surface area contributed by atoms with Crippen molar-refractivity contribution >= 4 is 27.9 Å². The highest BCUT2D eigenvalue weighted by atomic mass is 16.5. The molecular weight excluding hydrogens is 482 g/mol. The zero-order valence-electron chi connectivity index (χ0n) is 24.1. The Labute approximate surface area is 224 Å². The Morgan fingerprint density at radius 3 is 2.71 bits per heavy atom. The average Bonchev–Trinajstić information content (AvgIpc) is 3.49. The van der Waals surface area contributed by atoms with E-state index in [1.807, 2.05) is 36.4 Å². The van der Waals surface area contributed by atoms with Gasteiger partial charge < -0.3 is 18.8 Å². The molecule has 3 aromatic heterocycles. The lowest BCUT2D eigenvalue weighted by atomic mass is 9.86. The van der Waals surface area contributed by atoms with Crippen molar-refractivity contribution in [2.75, 3.05) is 27.4 Å². The normalized spacial score (nSPS) is 16.6. The lowest BCUT2D eigenvalue weighted by Crippen LogP contribution is -2.27. The molecule has 0 amide bonds. The van der Waals surface area contributed by atoms with Gasteiger partial charge >= 0.3 is 5.97 Å². The maximum absolute atomic E-state index is 12.6. The molecule has 4 heterocycles. The van der Waals surface area contributed by atoms with Crippen LogP contribution in [0.2, 0.25) is 0 Å². The number of ether oxygens (including phenoxy) is 3. The third kappa shape index (κ3) is 3.99. The summed E-state index contributed by atoms with van der Waals surface area (Å²) in [5.41, 5.74) is 4.97. The van der Waals surface area contributed by atoms with Crippen molar-refractivity contribution in [1.82, 2.24) is 24.5 Å². The summed E-state index contributed by atoms with van der Waals surface area (Å²) in [6.07, 6.45) is 3.40. The predicted octanol–water partition coefficient (Wildman–Crippen LogP) is 4.80. The molecule has 1 unspecified atom stereocenters. The lowest BCUT2D eigenvalue weighted by Gasteiger charge is -2.33. The van der Waals surface area contributed by atoms with Crippen LogP contribution in [0.1, 0.15) is 38.9 Å². The molecular formula is C29H29N5O4. The minimum absolute atomic E-state index is 0.0900. The largest absolute Gasteiger partial charge is 0.478 e. The van der Waals surface area contributed by atoms with E-state index in [4.69, 9.17) is 23.3 Å². The Bertz CT molecular complexity index is 1730. The molecule has 0 saturated carbocycles. The number of hydrogen-bond donors (Lipinski definition) is 0. The van der Waals surface area contributed by atoms with E-state index >= 15 is 0 Å². The van der Waals surface area contributed by atoms with Crippen LogP contribution in [0.5, 0.6) is 5.88 Å². The van der Waals surface area contributed by atoms with Gasteiger partial charge in [-0.3, -0.25) is 4.98 Å². The van der Waals surface area contributed by atoms with E-state index in [0.717, 1.165) is 40.3 Å². The summed E-state index contributed by atoms with van der Waals surface area (Å²) in [6.45, 7) is 1.33. The van der Waals surface area contributed by atoms with E-state index in [1.54, 1.807) is 19.3 Å². The first-order valence-electron chi connectivity index (χ1n) is 14.0. The van der Waals surface area contributed by atoms with E-state index in [0.29, 0.717) is 30.0 Å². The summed E-state index contributed by atoms with van der Waals surface area (Å²) in [5.74, 6) is -0.274. The van der Waals surface area contributed by atoms with Crippen LogP contribution < -0.4 is 4.74 Å². The van der Waals surface area contributed by atoms with E-state index in [1.165, 1.54) is 11.8 Å². The van der Waals surface area contributed by atoms with Gasteiger partial charge in [0.1, 0.15) is 5.69 Å². The molecule has 1 aliphatic heterocycles. The summed E-state index contributed by atoms with van der Waals surface area (Å²) in [4.78, 5) is 17.4. The maximum Gasteiger partial charge on any atom is 0.337 e. The highest BCUT2D eigenvalue weighted by Gasteiger charge is 2.31. The van der Waals surface area contributed by atoms with Crippen molar-refractivity contribution < 1.29 is 23.1 Å². The van der Waals surface area contributed by atoms with Gasteiger partial charge in [0.05, 0.1) is 46.4 Å². The molecule has 1 aliphatic rings. The fraction of sp³-hybridized carbons (Fsp3) is 0.310. The molecule has 6 rings (SSSR count). The molecule has 0 aliphatic carbocycles. The van der Waals surface area contributed by atoms with Crippen molar-refractivity contribution in [2.45, 2.75) is 18.9 Å². The number of pyridine rings is 1. The second-order valence-corrected chi connectivity index (χ2v) is 9.46. The van der Waals surface area contributed by atoms with E-state index in [9.17, 15) is 4.79 Å². The fourth-order valence-electron chi connectivity index (χ4n) is 5.61. The number of aromatic nitrogens is 5. The van der Waals surface area contributed by atoms with Crippen molar-refractivity contribution in [3.8, 4) is 17.1 Å². The van der Waals surface area contributed by atoms with E-state index < -0.39 is 13.0 Å². The van der Waals surface area contributed by atoms with Gasteiger partial charge in [0.15, 0.2) is 0 Å². The summed E-state index contributed by atoms with van der Waals surface area (Å²) in [6, 6.07) is 17.6. The van der Waals surface area contributed by atoms with Crippen LogP contribution in [0.15, 0.2) is 60.8 Å². The van der Waals surface area contributed by atoms with Crippen molar-refractivity contribution in [1.29, 1.82) is 0 Å². The zero-order valence-corrected chi connectivity index (χ0v) is 21.1. The summed E-state index contributed by atoms with van der Waals surface area (Å²) >= 11 is 0. The minimum atomic E-state index is -2.69. The topological polar surface area (TPSA) is 93.3 Å². The molecule has 5 aromatic rings. The Balaban J connectivity index is 1.65. The molecule has 9 nitrogen and oxygen atoms in total. The number of nitrogens with zero attached hydrogens (tertiary/aromatic N) is 5. The highest BCUT2D eigenvalue weighted by molar-refractivity contribution is 6.08. The number of rotatable bonds is 6. The van der Waals surface area contributed by atoms with Gasteiger partial charge in [0.25, 0.3) is 5.88 Å². The van der Waals surface area contributed by atoms with Gasteiger partial charge in [-0.1, -0.05) is 40.6 Å². The number of methoxy groups -OCH3 is 2. The molecule has 2 aromatic carbocycles. The van der Waals surface area contributed by atoms with Crippen molar-refractivity contribution in [3.05, 3.63) is 71.9 Å². The average molecular weight is 515 g/mol. The van der Waals surface area contributed by atoms with E-state index in [-0.39, 0.29) is 17.8 Å². The van der Waals surface area contributed by atoms with E-state index in [2.05, 4.69) is 27.0 Å². The van der Waals surface area contributed by atoms with Crippen LogP contribution >= 0.6 is 0 Å². The predicted molar refractivity (Wildman–Crippen MR) is 143 cm³/mol. The number of carbonyl (C=O) groups is 1. The van der Waals surface area contributed by atoms with Crippen LogP contribution in [-0.4, -0.2) is 57.9 Å². The van der Waals surface area contributed by atoms with Gasteiger partial charge in [0.2, 0.25) is 0 Å². The first-order chi connectivity index (χ1) is 19.7. The minimum Gasteiger partial charge on any atom is -0.478 e. The Morgan fingerprint density at radius 1 is 1.13 bits per heavy atom. The van der Waals surface area contributed by atoms with Crippen LogP contribution in [0.4, 0.5) is 0 Å². The third-order valence-corrected chi connectivity index (χ3v) is 7.36. The summed E-state index contributed by atoms with van der Waals surface area (Å²) in [7, 11) is 0.348. The molecule has 1 fully saturated rings. The quantitative estimate of drug-likeness (QED) is 0.301. The number of hydrogen-bond acceptors (Lipinski definition) is 7. The second-order valence-electron chi connectivity index (χ2n) is 9.46. The van der Waals surface area contributed by atoms with Crippen LogP contribution in [0.3, 0.4) is 0 Å². The molecule has 38 heavy (non-hydrogen) atoms. The van der Waals surface area contributed by atoms with Gasteiger partial charge in [-0.2, -0.15) is 0 Å². The van der Waals surface area contributed by atoms with Gasteiger partial charge in [-0.25, -0.2) is 9.48 Å². The second kappa shape index (κ2) is 9.90. The van der Waals surface area contributed by atoms with Crippen molar-refractivity contribution in [2.24, 2.45) is 13.0 Å². The van der Waals surface area contributed by atoms with Gasteiger partial charge in [-0.05, 0) is 48.6 Å². The number of esters is 1. The van der Waals surface area contributed by atoms with Gasteiger partial charge in [-0.15, -0.1) is 0 Å². The molecule has 1 saturated heterocycles. The van der Waals surface area contributed by atoms with Crippen LogP contribution in [0, 0.1) is 5.92 Å².